The molecule has 0 aliphatic carbocycles. The van der Waals surface area contributed by atoms with Crippen molar-refractivity contribution >= 4 is 23.2 Å². The molecule has 3 heterocycles. The molecule has 1 atom stereocenters. The number of pyridine rings is 1. The molecule has 0 bridgehead atoms. The maximum absolute atomic E-state index is 12.7. The minimum Gasteiger partial charge on any atom is -0.488 e. The van der Waals surface area contributed by atoms with Crippen LogP contribution in [0.2, 0.25) is 0 Å². The Kier molecular flexibility index (Phi) is 5.75. The first kappa shape index (κ1) is 20.4. The van der Waals surface area contributed by atoms with E-state index in [1.54, 1.807) is 12.3 Å². The molecular weight excluding hydrogens is 378 g/mol. The molecule has 2 aliphatic rings. The molecule has 0 radical (unpaired) electrons. The maximum atomic E-state index is 12.7. The second-order valence-corrected chi connectivity index (χ2v) is 8.06. The van der Waals surface area contributed by atoms with Gasteiger partial charge in [-0.15, -0.1) is 0 Å². The monoisotopic (exact) mass is 407 g/mol. The summed E-state index contributed by atoms with van der Waals surface area (Å²) in [5, 5.41) is 0. The van der Waals surface area contributed by atoms with Crippen LogP contribution in [0.3, 0.4) is 0 Å². The fourth-order valence-corrected chi connectivity index (χ4v) is 3.90. The van der Waals surface area contributed by atoms with Crippen LogP contribution in [0.25, 0.3) is 0 Å². The van der Waals surface area contributed by atoms with E-state index in [9.17, 15) is 9.59 Å². The van der Waals surface area contributed by atoms with Crippen LogP contribution in [0, 0.1) is 5.92 Å². The third-order valence-corrected chi connectivity index (χ3v) is 6.16. The second-order valence-electron chi connectivity index (χ2n) is 8.06. The number of fused-ring (bicyclic) bond motifs is 1. The van der Waals surface area contributed by atoms with Gasteiger partial charge in [0.2, 0.25) is 0 Å². The summed E-state index contributed by atoms with van der Waals surface area (Å²) in [6.45, 7) is 8.91. The summed E-state index contributed by atoms with van der Waals surface area (Å²) < 4.78 is 5.83. The molecular formula is C24H29N3O3. The van der Waals surface area contributed by atoms with Gasteiger partial charge in [0.1, 0.15) is 6.61 Å². The largest absolute Gasteiger partial charge is 0.488 e. The Morgan fingerprint density at radius 3 is 2.63 bits per heavy atom. The highest BCUT2D eigenvalue weighted by Crippen LogP contribution is 2.36. The van der Waals surface area contributed by atoms with Gasteiger partial charge in [0, 0.05) is 36.5 Å². The number of ketones is 1. The average molecular weight is 408 g/mol. The van der Waals surface area contributed by atoms with E-state index >= 15 is 0 Å². The smallest absolute Gasteiger partial charge is 0.255 e. The molecule has 6 nitrogen and oxygen atoms in total. The maximum Gasteiger partial charge on any atom is 0.255 e. The Bertz CT molecular complexity index is 968. The number of benzene rings is 1. The molecule has 1 saturated heterocycles. The highest BCUT2D eigenvalue weighted by molar-refractivity contribution is 5.99. The van der Waals surface area contributed by atoms with Crippen LogP contribution < -0.4 is 9.64 Å². The first-order chi connectivity index (χ1) is 14.5. The molecule has 4 rings (SSSR count). The van der Waals surface area contributed by atoms with Crippen molar-refractivity contribution in [3.63, 3.8) is 0 Å². The Morgan fingerprint density at radius 2 is 1.97 bits per heavy atom. The van der Waals surface area contributed by atoms with Crippen LogP contribution in [0.1, 0.15) is 59.9 Å². The number of hydrogen-bond donors (Lipinski definition) is 0. The first-order valence-electron chi connectivity index (χ1n) is 10.9. The number of hydrogen-bond acceptors (Lipinski definition) is 5. The van der Waals surface area contributed by atoms with Crippen molar-refractivity contribution in [1.82, 2.24) is 9.88 Å². The van der Waals surface area contributed by atoms with Gasteiger partial charge in [0.05, 0.1) is 12.1 Å². The van der Waals surface area contributed by atoms with Gasteiger partial charge in [-0.25, -0.2) is 4.98 Å². The summed E-state index contributed by atoms with van der Waals surface area (Å²) in [4.78, 5) is 33.8. The SMILES string of the molecule is CCc1cc(N2CCOc3cc(C(=O)N4CCC4)cnc32)ccc1C(=O)C(C)CC. The number of nitrogens with zero attached hydrogens (tertiary/aromatic N) is 3. The van der Waals surface area contributed by atoms with Crippen molar-refractivity contribution < 1.29 is 14.3 Å². The van der Waals surface area contributed by atoms with Crippen LogP contribution in [0.4, 0.5) is 11.5 Å². The summed E-state index contributed by atoms with van der Waals surface area (Å²) in [6.07, 6.45) is 4.33. The molecule has 0 N–H and O–H groups in total. The lowest BCUT2D eigenvalue weighted by atomic mass is 9.92. The number of rotatable bonds is 6. The third kappa shape index (κ3) is 3.66. The van der Waals surface area contributed by atoms with E-state index in [4.69, 9.17) is 4.74 Å². The highest BCUT2D eigenvalue weighted by Gasteiger charge is 2.27. The fourth-order valence-electron chi connectivity index (χ4n) is 3.90. The minimum atomic E-state index is 0.0125. The van der Waals surface area contributed by atoms with Crippen LogP contribution in [-0.2, 0) is 6.42 Å². The number of likely N-dealkylation sites (tertiary alicyclic amines) is 1. The van der Waals surface area contributed by atoms with Crippen LogP contribution in [0.5, 0.6) is 5.75 Å². The Hall–Kier alpha value is -2.89. The van der Waals surface area contributed by atoms with Gasteiger partial charge >= 0.3 is 0 Å². The van der Waals surface area contributed by atoms with E-state index in [1.807, 2.05) is 30.9 Å². The molecule has 1 amide bonds. The molecule has 1 aromatic carbocycles. The van der Waals surface area contributed by atoms with Gasteiger partial charge in [0.15, 0.2) is 17.4 Å². The van der Waals surface area contributed by atoms with Crippen LogP contribution >= 0.6 is 0 Å². The van der Waals surface area contributed by atoms with E-state index in [0.29, 0.717) is 30.3 Å². The quantitative estimate of drug-likeness (QED) is 0.670. The number of ether oxygens (including phenoxy) is 1. The summed E-state index contributed by atoms with van der Waals surface area (Å²) in [5.74, 6) is 1.58. The molecule has 1 aromatic heterocycles. The predicted molar refractivity (Wildman–Crippen MR) is 117 cm³/mol. The van der Waals surface area contributed by atoms with Crippen molar-refractivity contribution in [2.24, 2.45) is 5.92 Å². The average Bonchev–Trinajstić information content (AvgIpc) is 2.75. The number of carbonyl (C=O) groups is 2. The number of aryl methyl sites for hydroxylation is 1. The first-order valence-corrected chi connectivity index (χ1v) is 10.9. The molecule has 0 saturated carbocycles. The lowest BCUT2D eigenvalue weighted by Crippen LogP contribution is -2.42. The number of Topliss-reactive ketones (excluding diaryl/α,β-unsaturated/α-hetero) is 1. The highest BCUT2D eigenvalue weighted by atomic mass is 16.5. The van der Waals surface area contributed by atoms with Gasteiger partial charge in [-0.3, -0.25) is 9.59 Å². The van der Waals surface area contributed by atoms with Gasteiger partial charge in [0.25, 0.3) is 5.91 Å². The standard InChI is InChI=1S/C24H29N3O3/c1-4-16(3)22(28)20-8-7-19(13-17(20)5-2)27-11-12-30-21-14-18(15-25-23(21)27)24(29)26-9-6-10-26/h7-8,13-16H,4-6,9-12H2,1-3H3. The predicted octanol–water partition coefficient (Wildman–Crippen LogP) is 4.25. The van der Waals surface area contributed by atoms with Gasteiger partial charge in [-0.2, -0.15) is 0 Å². The van der Waals surface area contributed by atoms with E-state index in [-0.39, 0.29) is 17.6 Å². The number of amides is 1. The second kappa shape index (κ2) is 8.46. The van der Waals surface area contributed by atoms with Gasteiger partial charge < -0.3 is 14.5 Å². The zero-order chi connectivity index (χ0) is 21.3. The topological polar surface area (TPSA) is 62.7 Å². The molecule has 30 heavy (non-hydrogen) atoms. The Balaban J connectivity index is 1.64. The van der Waals surface area contributed by atoms with E-state index < -0.39 is 0 Å². The Labute approximate surface area is 177 Å². The number of anilines is 2. The molecule has 0 spiro atoms. The lowest BCUT2D eigenvalue weighted by Gasteiger charge is -2.33. The van der Waals surface area contributed by atoms with Crippen molar-refractivity contribution in [2.45, 2.75) is 40.0 Å². The molecule has 2 aromatic rings. The number of carbonyl (C=O) groups excluding carboxylic acids is 2. The summed E-state index contributed by atoms with van der Waals surface area (Å²) in [5.41, 5.74) is 3.42. The van der Waals surface area contributed by atoms with E-state index in [2.05, 4.69) is 22.9 Å². The zero-order valence-corrected chi connectivity index (χ0v) is 18.0. The Morgan fingerprint density at radius 1 is 1.17 bits per heavy atom. The van der Waals surface area contributed by atoms with Crippen molar-refractivity contribution in [3.05, 3.63) is 47.2 Å². The lowest BCUT2D eigenvalue weighted by molar-refractivity contribution is 0.0650. The zero-order valence-electron chi connectivity index (χ0n) is 18.0. The van der Waals surface area contributed by atoms with Crippen LogP contribution in [0.15, 0.2) is 30.5 Å². The van der Waals surface area contributed by atoms with E-state index in [0.717, 1.165) is 49.2 Å². The molecule has 2 aliphatic heterocycles. The number of aromatic nitrogens is 1. The van der Waals surface area contributed by atoms with Crippen molar-refractivity contribution in [2.75, 3.05) is 31.1 Å². The third-order valence-electron chi connectivity index (χ3n) is 6.16. The molecule has 1 fully saturated rings. The van der Waals surface area contributed by atoms with Gasteiger partial charge in [-0.05, 0) is 49.1 Å². The molecule has 1 unspecified atom stereocenters. The summed E-state index contributed by atoms with van der Waals surface area (Å²) >= 11 is 0. The van der Waals surface area contributed by atoms with Crippen molar-refractivity contribution in [1.29, 1.82) is 0 Å². The molecule has 6 heteroatoms. The minimum absolute atomic E-state index is 0.0125. The molecule has 158 valence electrons. The van der Waals surface area contributed by atoms with Crippen LogP contribution in [-0.4, -0.2) is 47.8 Å². The van der Waals surface area contributed by atoms with Gasteiger partial charge in [-0.1, -0.05) is 20.8 Å². The normalized spacial score (nSPS) is 16.4. The summed E-state index contributed by atoms with van der Waals surface area (Å²) in [7, 11) is 0. The fraction of sp³-hybridized carbons (Fsp3) is 0.458. The van der Waals surface area contributed by atoms with E-state index in [1.165, 1.54) is 0 Å². The summed E-state index contributed by atoms with van der Waals surface area (Å²) in [6, 6.07) is 7.83. The van der Waals surface area contributed by atoms with Crippen molar-refractivity contribution in [3.8, 4) is 5.75 Å².